The highest BCUT2D eigenvalue weighted by Crippen LogP contribution is 2.13. The van der Waals surface area contributed by atoms with Crippen LogP contribution in [0.25, 0.3) is 0 Å². The van der Waals surface area contributed by atoms with Crippen LogP contribution in [0, 0.1) is 0 Å². The van der Waals surface area contributed by atoms with Gasteiger partial charge in [-0.05, 0) is 37.0 Å². The van der Waals surface area contributed by atoms with Crippen LogP contribution in [0.5, 0.6) is 5.75 Å². The molecule has 1 N–H and O–H groups in total. The summed E-state index contributed by atoms with van der Waals surface area (Å²) in [6.45, 7) is 1.80. The molecule has 1 amide bonds. The van der Waals surface area contributed by atoms with Crippen molar-refractivity contribution >= 4 is 5.91 Å². The molecule has 1 aliphatic heterocycles. The number of hydrogen-bond donors (Lipinski definition) is 1. The van der Waals surface area contributed by atoms with E-state index in [-0.39, 0.29) is 11.7 Å². The SMILES string of the molecule is O=C(Cc1ccc(O)cc1)N1CCCCC1. The van der Waals surface area contributed by atoms with Gasteiger partial charge in [-0.3, -0.25) is 4.79 Å². The molecule has 16 heavy (non-hydrogen) atoms. The second kappa shape index (κ2) is 5.01. The van der Waals surface area contributed by atoms with Crippen LogP contribution in [0.2, 0.25) is 0 Å². The van der Waals surface area contributed by atoms with Gasteiger partial charge in [-0.1, -0.05) is 12.1 Å². The molecule has 1 fully saturated rings. The van der Waals surface area contributed by atoms with Gasteiger partial charge in [-0.2, -0.15) is 0 Å². The maximum absolute atomic E-state index is 11.9. The van der Waals surface area contributed by atoms with Crippen molar-refractivity contribution in [2.75, 3.05) is 13.1 Å². The Morgan fingerprint density at radius 3 is 2.38 bits per heavy atom. The van der Waals surface area contributed by atoms with Gasteiger partial charge in [0, 0.05) is 13.1 Å². The zero-order valence-corrected chi connectivity index (χ0v) is 9.35. The van der Waals surface area contributed by atoms with E-state index in [2.05, 4.69) is 0 Å². The van der Waals surface area contributed by atoms with Crippen LogP contribution in [-0.2, 0) is 11.2 Å². The molecule has 0 atom stereocenters. The van der Waals surface area contributed by atoms with Crippen LogP contribution in [0.1, 0.15) is 24.8 Å². The van der Waals surface area contributed by atoms with Crippen LogP contribution in [0.4, 0.5) is 0 Å². The smallest absolute Gasteiger partial charge is 0.226 e. The second-order valence-corrected chi connectivity index (χ2v) is 4.28. The summed E-state index contributed by atoms with van der Waals surface area (Å²) in [5.74, 6) is 0.444. The third-order valence-corrected chi connectivity index (χ3v) is 3.00. The fourth-order valence-electron chi connectivity index (χ4n) is 2.04. The fourth-order valence-corrected chi connectivity index (χ4v) is 2.04. The zero-order chi connectivity index (χ0) is 11.4. The van der Waals surface area contributed by atoms with Crippen molar-refractivity contribution in [3.8, 4) is 5.75 Å². The van der Waals surface area contributed by atoms with E-state index in [1.54, 1.807) is 24.3 Å². The van der Waals surface area contributed by atoms with Gasteiger partial charge in [0.15, 0.2) is 0 Å². The van der Waals surface area contributed by atoms with Gasteiger partial charge in [-0.15, -0.1) is 0 Å². The number of nitrogens with zero attached hydrogens (tertiary/aromatic N) is 1. The molecule has 1 aliphatic rings. The maximum atomic E-state index is 11.9. The first-order valence-corrected chi connectivity index (χ1v) is 5.81. The summed E-state index contributed by atoms with van der Waals surface area (Å²) >= 11 is 0. The average molecular weight is 219 g/mol. The first-order valence-electron chi connectivity index (χ1n) is 5.81. The Balaban J connectivity index is 1.93. The van der Waals surface area contributed by atoms with Crippen LogP contribution >= 0.6 is 0 Å². The molecular weight excluding hydrogens is 202 g/mol. The largest absolute Gasteiger partial charge is 0.508 e. The van der Waals surface area contributed by atoms with Crippen molar-refractivity contribution in [3.05, 3.63) is 29.8 Å². The molecule has 0 aliphatic carbocycles. The van der Waals surface area contributed by atoms with Crippen LogP contribution in [0.3, 0.4) is 0 Å². The summed E-state index contributed by atoms with van der Waals surface area (Å²) in [5, 5.41) is 9.14. The molecule has 86 valence electrons. The fraction of sp³-hybridized carbons (Fsp3) is 0.462. The molecule has 3 nitrogen and oxygen atoms in total. The Morgan fingerprint density at radius 2 is 1.75 bits per heavy atom. The predicted octanol–water partition coefficient (Wildman–Crippen LogP) is 1.95. The number of piperidine rings is 1. The molecule has 0 radical (unpaired) electrons. The second-order valence-electron chi connectivity index (χ2n) is 4.28. The van der Waals surface area contributed by atoms with Crippen molar-refractivity contribution < 1.29 is 9.90 Å². The lowest BCUT2D eigenvalue weighted by Crippen LogP contribution is -2.36. The number of carbonyl (C=O) groups excluding carboxylic acids is 1. The van der Waals surface area contributed by atoms with Crippen LogP contribution < -0.4 is 0 Å². The normalized spacial score (nSPS) is 16.1. The lowest BCUT2D eigenvalue weighted by molar-refractivity contribution is -0.131. The van der Waals surface area contributed by atoms with E-state index in [0.29, 0.717) is 6.42 Å². The summed E-state index contributed by atoms with van der Waals surface area (Å²) in [7, 11) is 0. The Bertz CT molecular complexity index is 353. The number of hydrogen-bond acceptors (Lipinski definition) is 2. The highest BCUT2D eigenvalue weighted by Gasteiger charge is 2.16. The molecule has 1 aromatic rings. The monoisotopic (exact) mass is 219 g/mol. The van der Waals surface area contributed by atoms with Gasteiger partial charge >= 0.3 is 0 Å². The topological polar surface area (TPSA) is 40.5 Å². The quantitative estimate of drug-likeness (QED) is 0.825. The van der Waals surface area contributed by atoms with Gasteiger partial charge in [-0.25, -0.2) is 0 Å². The average Bonchev–Trinajstić information content (AvgIpc) is 2.33. The molecule has 0 bridgehead atoms. The first kappa shape index (κ1) is 11.0. The molecule has 2 rings (SSSR count). The van der Waals surface area contributed by atoms with Gasteiger partial charge < -0.3 is 10.0 Å². The third kappa shape index (κ3) is 2.75. The van der Waals surface area contributed by atoms with E-state index in [9.17, 15) is 4.79 Å². The van der Waals surface area contributed by atoms with Crippen molar-refractivity contribution in [3.63, 3.8) is 0 Å². The van der Waals surface area contributed by atoms with Crippen molar-refractivity contribution in [2.24, 2.45) is 0 Å². The first-order chi connectivity index (χ1) is 7.75. The lowest BCUT2D eigenvalue weighted by atomic mass is 10.1. The number of rotatable bonds is 2. The minimum absolute atomic E-state index is 0.199. The van der Waals surface area contributed by atoms with E-state index in [1.165, 1.54) is 6.42 Å². The van der Waals surface area contributed by atoms with E-state index in [0.717, 1.165) is 31.5 Å². The highest BCUT2D eigenvalue weighted by atomic mass is 16.3. The molecular formula is C13H17NO2. The Labute approximate surface area is 95.7 Å². The van der Waals surface area contributed by atoms with Crippen LogP contribution in [0.15, 0.2) is 24.3 Å². The van der Waals surface area contributed by atoms with Gasteiger partial charge in [0.25, 0.3) is 0 Å². The molecule has 0 unspecified atom stereocenters. The van der Waals surface area contributed by atoms with Crippen molar-refractivity contribution in [1.29, 1.82) is 0 Å². The number of amides is 1. The highest BCUT2D eigenvalue weighted by molar-refractivity contribution is 5.78. The number of carbonyl (C=O) groups is 1. The number of phenols is 1. The van der Waals surface area contributed by atoms with Crippen LogP contribution in [-0.4, -0.2) is 29.0 Å². The number of phenolic OH excluding ortho intramolecular Hbond substituents is 1. The lowest BCUT2D eigenvalue weighted by Gasteiger charge is -2.26. The minimum Gasteiger partial charge on any atom is -0.508 e. The number of likely N-dealkylation sites (tertiary alicyclic amines) is 1. The molecule has 1 aromatic carbocycles. The predicted molar refractivity (Wildman–Crippen MR) is 62.2 cm³/mol. The Kier molecular flexibility index (Phi) is 3.44. The van der Waals surface area contributed by atoms with E-state index < -0.39 is 0 Å². The molecule has 0 aromatic heterocycles. The summed E-state index contributed by atoms with van der Waals surface area (Å²) in [5.41, 5.74) is 0.966. The van der Waals surface area contributed by atoms with E-state index in [1.807, 2.05) is 4.90 Å². The number of benzene rings is 1. The van der Waals surface area contributed by atoms with Gasteiger partial charge in [0.2, 0.25) is 5.91 Å². The van der Waals surface area contributed by atoms with Crippen molar-refractivity contribution in [2.45, 2.75) is 25.7 Å². The standard InChI is InChI=1S/C13H17NO2/c15-12-6-4-11(5-7-12)10-13(16)14-8-2-1-3-9-14/h4-7,15H,1-3,8-10H2. The summed E-state index contributed by atoms with van der Waals surface area (Å²) in [6.07, 6.45) is 3.94. The maximum Gasteiger partial charge on any atom is 0.226 e. The minimum atomic E-state index is 0.199. The zero-order valence-electron chi connectivity index (χ0n) is 9.35. The Hall–Kier alpha value is -1.51. The van der Waals surface area contributed by atoms with E-state index in [4.69, 9.17) is 5.11 Å². The van der Waals surface area contributed by atoms with Crippen molar-refractivity contribution in [1.82, 2.24) is 4.90 Å². The van der Waals surface area contributed by atoms with E-state index >= 15 is 0 Å². The summed E-state index contributed by atoms with van der Waals surface area (Å²) in [4.78, 5) is 13.9. The molecule has 3 heteroatoms. The molecule has 1 saturated heterocycles. The van der Waals surface area contributed by atoms with Gasteiger partial charge in [0.1, 0.15) is 5.75 Å². The van der Waals surface area contributed by atoms with Gasteiger partial charge in [0.05, 0.1) is 6.42 Å². The summed E-state index contributed by atoms with van der Waals surface area (Å²) < 4.78 is 0. The molecule has 1 heterocycles. The summed E-state index contributed by atoms with van der Waals surface area (Å²) in [6, 6.07) is 6.85. The molecule has 0 spiro atoms. The molecule has 0 saturated carbocycles. The third-order valence-electron chi connectivity index (χ3n) is 3.00. The number of aromatic hydroxyl groups is 1. The Morgan fingerprint density at radius 1 is 1.12 bits per heavy atom.